The van der Waals surface area contributed by atoms with Gasteiger partial charge in [-0.15, -0.1) is 0 Å². The largest absolute Gasteiger partial charge is 0.493 e. The molecule has 1 amide bonds. The Morgan fingerprint density at radius 1 is 1.16 bits per heavy atom. The first-order valence-corrected chi connectivity index (χ1v) is 10.7. The van der Waals surface area contributed by atoms with Crippen LogP contribution in [0, 0.1) is 0 Å². The smallest absolute Gasteiger partial charge is 0.289 e. The van der Waals surface area contributed by atoms with Crippen LogP contribution in [0.25, 0.3) is 0 Å². The Morgan fingerprint density at radius 3 is 2.58 bits per heavy atom. The van der Waals surface area contributed by atoms with Crippen molar-refractivity contribution in [2.45, 2.75) is 19.8 Å². The van der Waals surface area contributed by atoms with Crippen molar-refractivity contribution in [2.75, 3.05) is 53.5 Å². The number of piperazine rings is 1. The molecule has 0 bridgehead atoms. The third-order valence-corrected chi connectivity index (χ3v) is 5.26. The molecule has 0 radical (unpaired) electrons. The van der Waals surface area contributed by atoms with Crippen LogP contribution in [0.3, 0.4) is 0 Å². The van der Waals surface area contributed by atoms with Gasteiger partial charge in [-0.2, -0.15) is 0 Å². The van der Waals surface area contributed by atoms with E-state index in [1.54, 1.807) is 26.3 Å². The second-order valence-electron chi connectivity index (χ2n) is 7.25. The summed E-state index contributed by atoms with van der Waals surface area (Å²) in [5.41, 5.74) is 1.21. The van der Waals surface area contributed by atoms with Gasteiger partial charge in [0.2, 0.25) is 0 Å². The van der Waals surface area contributed by atoms with Crippen molar-refractivity contribution >= 4 is 11.9 Å². The molecule has 0 aliphatic carbocycles. The van der Waals surface area contributed by atoms with E-state index < -0.39 is 0 Å². The number of methoxy groups -OCH3 is 1. The Hall–Kier alpha value is -3.16. The first-order valence-electron chi connectivity index (χ1n) is 10.7. The Bertz CT molecular complexity index is 858. The summed E-state index contributed by atoms with van der Waals surface area (Å²) in [6, 6.07) is 9.52. The van der Waals surface area contributed by atoms with E-state index in [1.165, 1.54) is 11.8 Å². The zero-order chi connectivity index (χ0) is 22.1. The zero-order valence-corrected chi connectivity index (χ0v) is 18.6. The van der Waals surface area contributed by atoms with Crippen LogP contribution in [-0.2, 0) is 6.42 Å². The van der Waals surface area contributed by atoms with Crippen LogP contribution < -0.4 is 14.8 Å². The van der Waals surface area contributed by atoms with Crippen LogP contribution in [0.15, 0.2) is 46.0 Å². The van der Waals surface area contributed by atoms with Crippen molar-refractivity contribution in [1.82, 2.24) is 15.1 Å². The van der Waals surface area contributed by atoms with Gasteiger partial charge in [0.15, 0.2) is 23.2 Å². The number of nitrogens with one attached hydrogen (secondary N) is 1. The number of carbonyl (C=O) groups is 1. The number of aliphatic imine (C=N–C) groups is 1. The number of amides is 1. The lowest BCUT2D eigenvalue weighted by atomic mass is 10.1. The molecule has 3 rings (SSSR count). The van der Waals surface area contributed by atoms with Crippen molar-refractivity contribution in [3.8, 4) is 11.5 Å². The predicted octanol–water partition coefficient (Wildman–Crippen LogP) is 2.65. The molecule has 1 aromatic heterocycles. The molecule has 8 nitrogen and oxygen atoms in total. The topological polar surface area (TPSA) is 79.5 Å². The number of hydrogen-bond acceptors (Lipinski definition) is 5. The van der Waals surface area contributed by atoms with E-state index in [0.717, 1.165) is 49.9 Å². The summed E-state index contributed by atoms with van der Waals surface area (Å²) in [6.45, 7) is 6.16. The van der Waals surface area contributed by atoms with E-state index in [2.05, 4.69) is 21.3 Å². The van der Waals surface area contributed by atoms with Crippen LogP contribution in [0.5, 0.6) is 11.5 Å². The van der Waals surface area contributed by atoms with Gasteiger partial charge in [0.05, 0.1) is 20.0 Å². The SMILES string of the molecule is CCOc1cc(CCCNC(=NC)N2CCN(C(=O)c3ccco3)CC2)ccc1OC. The van der Waals surface area contributed by atoms with Gasteiger partial charge >= 0.3 is 0 Å². The monoisotopic (exact) mass is 428 g/mol. The molecule has 1 N–H and O–H groups in total. The maximum absolute atomic E-state index is 12.4. The Labute approximate surface area is 183 Å². The first kappa shape index (κ1) is 22.5. The standard InChI is InChI=1S/C23H32N4O4/c1-4-30-21-17-18(9-10-19(21)29-3)7-5-11-25-23(24-2)27-14-12-26(13-15-27)22(28)20-8-6-16-31-20/h6,8-10,16-17H,4-5,7,11-15H2,1-3H3,(H,24,25). The molecule has 31 heavy (non-hydrogen) atoms. The highest BCUT2D eigenvalue weighted by molar-refractivity contribution is 5.91. The second kappa shape index (κ2) is 11.3. The number of rotatable bonds is 8. The molecule has 1 aliphatic heterocycles. The fraction of sp³-hybridized carbons (Fsp3) is 0.478. The van der Waals surface area contributed by atoms with Crippen molar-refractivity contribution < 1.29 is 18.7 Å². The van der Waals surface area contributed by atoms with Crippen LogP contribution in [-0.4, -0.2) is 75.2 Å². The lowest BCUT2D eigenvalue weighted by Gasteiger charge is -2.36. The lowest BCUT2D eigenvalue weighted by molar-refractivity contribution is 0.0658. The Morgan fingerprint density at radius 2 is 1.94 bits per heavy atom. The van der Waals surface area contributed by atoms with E-state index in [1.807, 2.05) is 24.0 Å². The molecule has 2 heterocycles. The summed E-state index contributed by atoms with van der Waals surface area (Å²) in [5.74, 6) is 2.75. The molecule has 8 heteroatoms. The molecular weight excluding hydrogens is 396 g/mol. The van der Waals surface area contributed by atoms with Gasteiger partial charge in [0.25, 0.3) is 5.91 Å². The molecule has 1 aromatic carbocycles. The Kier molecular flexibility index (Phi) is 8.20. The van der Waals surface area contributed by atoms with Crippen molar-refractivity contribution in [2.24, 2.45) is 4.99 Å². The number of guanidine groups is 1. The first-order chi connectivity index (χ1) is 15.2. The summed E-state index contributed by atoms with van der Waals surface area (Å²) in [4.78, 5) is 20.8. The normalized spacial score (nSPS) is 14.5. The maximum atomic E-state index is 12.4. The van der Waals surface area contributed by atoms with Crippen LogP contribution in [0.1, 0.15) is 29.5 Å². The van der Waals surface area contributed by atoms with Gasteiger partial charge in [0.1, 0.15) is 0 Å². The molecule has 0 spiro atoms. The minimum absolute atomic E-state index is 0.0569. The predicted molar refractivity (Wildman–Crippen MR) is 120 cm³/mol. The van der Waals surface area contributed by atoms with Crippen LogP contribution in [0.4, 0.5) is 0 Å². The van der Waals surface area contributed by atoms with Crippen molar-refractivity contribution in [3.63, 3.8) is 0 Å². The van der Waals surface area contributed by atoms with Gasteiger partial charge in [-0.25, -0.2) is 0 Å². The van der Waals surface area contributed by atoms with Crippen LogP contribution >= 0.6 is 0 Å². The third-order valence-electron chi connectivity index (χ3n) is 5.26. The number of aryl methyl sites for hydroxylation is 1. The minimum atomic E-state index is -0.0569. The lowest BCUT2D eigenvalue weighted by Crippen LogP contribution is -2.53. The van der Waals surface area contributed by atoms with Gasteiger partial charge in [-0.1, -0.05) is 6.07 Å². The molecule has 0 saturated carbocycles. The highest BCUT2D eigenvalue weighted by Gasteiger charge is 2.25. The fourth-order valence-electron chi connectivity index (χ4n) is 3.65. The molecular formula is C23H32N4O4. The van der Waals surface area contributed by atoms with Gasteiger partial charge in [-0.3, -0.25) is 9.79 Å². The minimum Gasteiger partial charge on any atom is -0.493 e. The van der Waals surface area contributed by atoms with Gasteiger partial charge in [-0.05, 0) is 49.6 Å². The quantitative estimate of drug-likeness (QED) is 0.396. The van der Waals surface area contributed by atoms with Gasteiger partial charge < -0.3 is 29.0 Å². The number of benzene rings is 1. The number of furan rings is 1. The van der Waals surface area contributed by atoms with E-state index in [0.29, 0.717) is 25.5 Å². The molecule has 1 fully saturated rings. The highest BCUT2D eigenvalue weighted by Crippen LogP contribution is 2.28. The van der Waals surface area contributed by atoms with Crippen molar-refractivity contribution in [3.05, 3.63) is 47.9 Å². The van der Waals surface area contributed by atoms with E-state index >= 15 is 0 Å². The fourth-order valence-corrected chi connectivity index (χ4v) is 3.65. The molecule has 0 unspecified atom stereocenters. The molecule has 2 aromatic rings. The maximum Gasteiger partial charge on any atom is 0.289 e. The molecule has 1 saturated heterocycles. The number of nitrogens with zero attached hydrogens (tertiary/aromatic N) is 3. The zero-order valence-electron chi connectivity index (χ0n) is 18.6. The number of carbonyl (C=O) groups excluding carboxylic acids is 1. The average Bonchev–Trinajstić information content (AvgIpc) is 3.34. The van der Waals surface area contributed by atoms with Gasteiger partial charge in [0, 0.05) is 39.8 Å². The average molecular weight is 429 g/mol. The van der Waals surface area contributed by atoms with Crippen molar-refractivity contribution in [1.29, 1.82) is 0 Å². The van der Waals surface area contributed by atoms with E-state index in [4.69, 9.17) is 13.9 Å². The summed E-state index contributed by atoms with van der Waals surface area (Å²) in [7, 11) is 3.44. The van der Waals surface area contributed by atoms with E-state index in [9.17, 15) is 4.79 Å². The summed E-state index contributed by atoms with van der Waals surface area (Å²) >= 11 is 0. The summed E-state index contributed by atoms with van der Waals surface area (Å²) in [6.07, 6.45) is 3.42. The highest BCUT2D eigenvalue weighted by atomic mass is 16.5. The summed E-state index contributed by atoms with van der Waals surface area (Å²) < 4.78 is 16.2. The van der Waals surface area contributed by atoms with E-state index in [-0.39, 0.29) is 5.91 Å². The Balaban J connectivity index is 1.43. The summed E-state index contributed by atoms with van der Waals surface area (Å²) in [5, 5.41) is 3.44. The third kappa shape index (κ3) is 5.93. The molecule has 168 valence electrons. The molecule has 1 aliphatic rings. The number of ether oxygens (including phenoxy) is 2. The number of hydrogen-bond donors (Lipinski definition) is 1. The second-order valence-corrected chi connectivity index (χ2v) is 7.25. The molecule has 0 atom stereocenters. The van der Waals surface area contributed by atoms with Crippen LogP contribution in [0.2, 0.25) is 0 Å².